The summed E-state index contributed by atoms with van der Waals surface area (Å²) in [5, 5.41) is 19.9. The van der Waals surface area contributed by atoms with Gasteiger partial charge < -0.3 is 10.4 Å². The Morgan fingerprint density at radius 1 is 1.07 bits per heavy atom. The molecule has 2 aromatic carbocycles. The summed E-state index contributed by atoms with van der Waals surface area (Å²) in [7, 11) is 0. The van der Waals surface area contributed by atoms with Crippen LogP contribution < -0.4 is 5.32 Å². The van der Waals surface area contributed by atoms with Gasteiger partial charge in [-0.05, 0) is 36.8 Å². The van der Waals surface area contributed by atoms with E-state index in [1.54, 1.807) is 12.1 Å². The van der Waals surface area contributed by atoms with Crippen LogP contribution in [-0.4, -0.2) is 25.3 Å². The Labute approximate surface area is 152 Å². The maximum atomic E-state index is 14.4. The molecule has 0 unspecified atom stereocenters. The predicted molar refractivity (Wildman–Crippen MR) is 97.4 cm³/mol. The fourth-order valence-electron chi connectivity index (χ4n) is 2.76. The molecule has 0 radical (unpaired) electrons. The molecule has 4 rings (SSSR count). The molecule has 0 saturated carbocycles. The Hall–Kier alpha value is -3.39. The van der Waals surface area contributed by atoms with Gasteiger partial charge in [0.05, 0.1) is 17.7 Å². The smallest absolute Gasteiger partial charge is 0.165 e. The Bertz CT molecular complexity index is 1140. The molecule has 4 aromatic rings. The van der Waals surface area contributed by atoms with Crippen LogP contribution in [0, 0.1) is 18.6 Å². The number of hydrogen-bond acceptors (Lipinski definition) is 5. The molecule has 0 spiro atoms. The summed E-state index contributed by atoms with van der Waals surface area (Å²) >= 11 is 0. The van der Waals surface area contributed by atoms with Gasteiger partial charge in [0, 0.05) is 23.2 Å². The average Bonchev–Trinajstić information content (AvgIpc) is 3.06. The van der Waals surface area contributed by atoms with Crippen molar-refractivity contribution in [3.05, 3.63) is 65.4 Å². The summed E-state index contributed by atoms with van der Waals surface area (Å²) in [6, 6.07) is 10.1. The fourth-order valence-corrected chi connectivity index (χ4v) is 2.76. The van der Waals surface area contributed by atoms with Gasteiger partial charge in [-0.1, -0.05) is 6.07 Å². The first-order valence-electron chi connectivity index (χ1n) is 8.19. The second-order valence-corrected chi connectivity index (χ2v) is 6.09. The maximum Gasteiger partial charge on any atom is 0.165 e. The maximum absolute atomic E-state index is 14.4. The topological polar surface area (TPSA) is 86.7 Å². The summed E-state index contributed by atoms with van der Waals surface area (Å²) in [4.78, 5) is 8.73. The number of aromatic amines is 1. The molecule has 2 aromatic heterocycles. The average molecular weight is 367 g/mol. The number of aryl methyl sites for hydroxylation is 1. The highest BCUT2D eigenvalue weighted by Crippen LogP contribution is 2.29. The molecular formula is C19H15F2N5O. The number of H-pyrrole nitrogens is 1. The highest BCUT2D eigenvalue weighted by Gasteiger charge is 2.15. The Morgan fingerprint density at radius 2 is 1.93 bits per heavy atom. The molecule has 0 atom stereocenters. The van der Waals surface area contributed by atoms with Crippen LogP contribution in [0.4, 0.5) is 20.4 Å². The molecule has 0 aliphatic heterocycles. The largest absolute Gasteiger partial charge is 0.392 e. The van der Waals surface area contributed by atoms with Gasteiger partial charge in [-0.3, -0.25) is 5.10 Å². The molecule has 0 amide bonds. The molecule has 6 nitrogen and oxygen atoms in total. The number of aromatic nitrogens is 4. The number of benzene rings is 2. The summed E-state index contributed by atoms with van der Waals surface area (Å²) in [6.07, 6.45) is 0. The van der Waals surface area contributed by atoms with Gasteiger partial charge in [-0.2, -0.15) is 5.10 Å². The number of aliphatic hydroxyl groups excluding tert-OH is 1. The predicted octanol–water partition coefficient (Wildman–Crippen LogP) is 3.84. The number of aliphatic hydroxyl groups is 1. The molecule has 3 N–H and O–H groups in total. The quantitative estimate of drug-likeness (QED) is 0.510. The molecule has 136 valence electrons. The molecule has 0 saturated heterocycles. The summed E-state index contributed by atoms with van der Waals surface area (Å²) in [5.41, 5.74) is 1.81. The van der Waals surface area contributed by atoms with E-state index in [4.69, 9.17) is 0 Å². The second kappa shape index (κ2) is 6.73. The van der Waals surface area contributed by atoms with Crippen molar-refractivity contribution in [1.82, 2.24) is 20.2 Å². The number of anilines is 2. The Morgan fingerprint density at radius 3 is 2.67 bits per heavy atom. The van der Waals surface area contributed by atoms with E-state index in [2.05, 4.69) is 25.5 Å². The van der Waals surface area contributed by atoms with Crippen molar-refractivity contribution in [2.45, 2.75) is 13.5 Å². The standard InChI is InChI=1S/C19H15F2N5O/c1-10-6-17(26-25-10)23-18-13-4-3-12(20)8-16(13)22-19(24-18)14-7-11(9-27)2-5-15(14)21/h2-8,27H,9H2,1H3,(H2,22,23,24,25,26). The minimum absolute atomic E-state index is 0.0793. The third-order valence-corrected chi connectivity index (χ3v) is 4.07. The first-order chi connectivity index (χ1) is 13.0. The van der Waals surface area contributed by atoms with Crippen LogP contribution in [0.3, 0.4) is 0 Å². The SMILES string of the molecule is Cc1cc(Nc2nc(-c3cc(CO)ccc3F)nc3cc(F)ccc23)n[nH]1. The van der Waals surface area contributed by atoms with Crippen molar-refractivity contribution in [2.75, 3.05) is 5.32 Å². The lowest BCUT2D eigenvalue weighted by atomic mass is 10.1. The van der Waals surface area contributed by atoms with E-state index in [0.717, 1.165) is 5.69 Å². The van der Waals surface area contributed by atoms with E-state index < -0.39 is 11.6 Å². The monoisotopic (exact) mass is 367 g/mol. The van der Waals surface area contributed by atoms with Gasteiger partial charge in [0.2, 0.25) is 0 Å². The van der Waals surface area contributed by atoms with E-state index in [1.807, 2.05) is 6.92 Å². The van der Waals surface area contributed by atoms with Crippen molar-refractivity contribution in [2.24, 2.45) is 0 Å². The normalized spacial score (nSPS) is 11.1. The van der Waals surface area contributed by atoms with Crippen LogP contribution in [0.25, 0.3) is 22.3 Å². The molecular weight excluding hydrogens is 352 g/mol. The van der Waals surface area contributed by atoms with Gasteiger partial charge in [0.1, 0.15) is 17.5 Å². The second-order valence-electron chi connectivity index (χ2n) is 6.09. The van der Waals surface area contributed by atoms with E-state index in [9.17, 15) is 13.9 Å². The molecule has 27 heavy (non-hydrogen) atoms. The summed E-state index contributed by atoms with van der Waals surface area (Å²) in [5.74, 6) is -0.0267. The number of rotatable bonds is 4. The Balaban J connectivity index is 1.91. The van der Waals surface area contributed by atoms with Gasteiger partial charge in [-0.25, -0.2) is 18.7 Å². The molecule has 2 heterocycles. The number of fused-ring (bicyclic) bond motifs is 1. The van der Waals surface area contributed by atoms with Crippen molar-refractivity contribution < 1.29 is 13.9 Å². The molecule has 0 aliphatic carbocycles. The van der Waals surface area contributed by atoms with Crippen LogP contribution in [0.1, 0.15) is 11.3 Å². The van der Waals surface area contributed by atoms with Crippen LogP contribution >= 0.6 is 0 Å². The van der Waals surface area contributed by atoms with E-state index in [0.29, 0.717) is 28.1 Å². The lowest BCUT2D eigenvalue weighted by Gasteiger charge is -2.11. The highest BCUT2D eigenvalue weighted by molar-refractivity contribution is 5.92. The summed E-state index contributed by atoms with van der Waals surface area (Å²) in [6.45, 7) is 1.61. The number of nitrogens with one attached hydrogen (secondary N) is 2. The van der Waals surface area contributed by atoms with Gasteiger partial charge in [0.25, 0.3) is 0 Å². The fraction of sp³-hybridized carbons (Fsp3) is 0.105. The zero-order valence-corrected chi connectivity index (χ0v) is 14.3. The van der Waals surface area contributed by atoms with Gasteiger partial charge in [0.15, 0.2) is 11.6 Å². The third kappa shape index (κ3) is 3.34. The molecule has 8 heteroatoms. The van der Waals surface area contributed by atoms with Crippen LogP contribution in [-0.2, 0) is 6.61 Å². The lowest BCUT2D eigenvalue weighted by molar-refractivity contribution is 0.282. The number of hydrogen-bond donors (Lipinski definition) is 3. The lowest BCUT2D eigenvalue weighted by Crippen LogP contribution is -2.01. The van der Waals surface area contributed by atoms with Crippen LogP contribution in [0.5, 0.6) is 0 Å². The van der Waals surface area contributed by atoms with Gasteiger partial charge >= 0.3 is 0 Å². The molecule has 0 fully saturated rings. The molecule has 0 bridgehead atoms. The summed E-state index contributed by atoms with van der Waals surface area (Å²) < 4.78 is 28.1. The zero-order chi connectivity index (χ0) is 19.0. The van der Waals surface area contributed by atoms with Crippen molar-refractivity contribution >= 4 is 22.5 Å². The molecule has 0 aliphatic rings. The van der Waals surface area contributed by atoms with Crippen molar-refractivity contribution in [1.29, 1.82) is 0 Å². The first kappa shape index (κ1) is 17.0. The van der Waals surface area contributed by atoms with E-state index >= 15 is 0 Å². The van der Waals surface area contributed by atoms with E-state index in [-0.39, 0.29) is 18.0 Å². The zero-order valence-electron chi connectivity index (χ0n) is 14.3. The number of nitrogens with zero attached hydrogens (tertiary/aromatic N) is 3. The van der Waals surface area contributed by atoms with Gasteiger partial charge in [-0.15, -0.1) is 0 Å². The van der Waals surface area contributed by atoms with Crippen LogP contribution in [0.2, 0.25) is 0 Å². The van der Waals surface area contributed by atoms with Crippen molar-refractivity contribution in [3.63, 3.8) is 0 Å². The van der Waals surface area contributed by atoms with Crippen molar-refractivity contribution in [3.8, 4) is 11.4 Å². The third-order valence-electron chi connectivity index (χ3n) is 4.07. The minimum Gasteiger partial charge on any atom is -0.392 e. The highest BCUT2D eigenvalue weighted by atomic mass is 19.1. The van der Waals surface area contributed by atoms with Crippen LogP contribution in [0.15, 0.2) is 42.5 Å². The minimum atomic E-state index is -0.537. The number of halogens is 2. The first-order valence-corrected chi connectivity index (χ1v) is 8.19. The Kier molecular flexibility index (Phi) is 4.25. The van der Waals surface area contributed by atoms with E-state index in [1.165, 1.54) is 30.3 Å².